The Kier molecular flexibility index (Phi) is 5.21. The molecule has 0 amide bonds. The summed E-state index contributed by atoms with van der Waals surface area (Å²) in [5.74, 6) is 0.215. The molecule has 2 N–H and O–H groups in total. The summed E-state index contributed by atoms with van der Waals surface area (Å²) in [6, 6.07) is 7.81. The molecule has 2 aromatic rings. The SMILES string of the molecule is Cc1ccc2c(c1)C(CCO)OC(C(C)c1cc(O)c(C)c(=O)o1)C2C. The van der Waals surface area contributed by atoms with Crippen molar-refractivity contribution in [3.8, 4) is 5.75 Å². The van der Waals surface area contributed by atoms with Crippen LogP contribution in [-0.2, 0) is 4.74 Å². The molecule has 0 spiro atoms. The molecule has 1 aliphatic rings. The summed E-state index contributed by atoms with van der Waals surface area (Å²) in [5, 5.41) is 19.4. The van der Waals surface area contributed by atoms with Crippen LogP contribution in [0.25, 0.3) is 0 Å². The van der Waals surface area contributed by atoms with Crippen molar-refractivity contribution in [2.45, 2.75) is 58.2 Å². The maximum Gasteiger partial charge on any atom is 0.342 e. The summed E-state index contributed by atoms with van der Waals surface area (Å²) >= 11 is 0. The van der Waals surface area contributed by atoms with Crippen molar-refractivity contribution >= 4 is 0 Å². The standard InChI is InChI=1S/C21H26O5/c1-11-5-6-15-12(2)20(25-18(7-8-22)16(15)9-11)14(4)19-10-17(23)13(3)21(24)26-19/h5-6,9-10,12,14,18,20,22-23H,7-8H2,1-4H3. The third kappa shape index (κ3) is 3.29. The molecule has 4 atom stereocenters. The van der Waals surface area contributed by atoms with Crippen molar-refractivity contribution in [3.05, 3.63) is 62.7 Å². The largest absolute Gasteiger partial charge is 0.507 e. The highest BCUT2D eigenvalue weighted by atomic mass is 16.5. The normalized spacial score (nSPS) is 23.5. The molecule has 0 radical (unpaired) electrons. The number of aryl methyl sites for hydroxylation is 1. The van der Waals surface area contributed by atoms with Crippen molar-refractivity contribution in [3.63, 3.8) is 0 Å². The van der Waals surface area contributed by atoms with Gasteiger partial charge in [-0.3, -0.25) is 0 Å². The molecule has 0 aliphatic carbocycles. The number of aliphatic hydroxyl groups is 1. The van der Waals surface area contributed by atoms with Crippen LogP contribution in [0.3, 0.4) is 0 Å². The van der Waals surface area contributed by atoms with E-state index in [1.54, 1.807) is 0 Å². The minimum absolute atomic E-state index is 0.0356. The summed E-state index contributed by atoms with van der Waals surface area (Å²) in [6.45, 7) is 7.64. The zero-order valence-electron chi connectivity index (χ0n) is 15.7. The maximum atomic E-state index is 11.9. The monoisotopic (exact) mass is 358 g/mol. The van der Waals surface area contributed by atoms with Gasteiger partial charge in [0.2, 0.25) is 0 Å². The van der Waals surface area contributed by atoms with E-state index in [0.717, 1.165) is 11.1 Å². The average molecular weight is 358 g/mol. The minimum Gasteiger partial charge on any atom is -0.507 e. The van der Waals surface area contributed by atoms with E-state index in [1.807, 2.05) is 13.8 Å². The molecule has 0 saturated carbocycles. The average Bonchev–Trinajstić information content (AvgIpc) is 2.61. The van der Waals surface area contributed by atoms with Gasteiger partial charge in [-0.05, 0) is 25.0 Å². The fourth-order valence-electron chi connectivity index (χ4n) is 3.78. The van der Waals surface area contributed by atoms with Crippen LogP contribution in [0.15, 0.2) is 33.5 Å². The quantitative estimate of drug-likeness (QED) is 0.871. The van der Waals surface area contributed by atoms with E-state index in [-0.39, 0.29) is 42.0 Å². The molecular weight excluding hydrogens is 332 g/mol. The molecule has 0 bridgehead atoms. The van der Waals surface area contributed by atoms with Crippen molar-refractivity contribution in [2.24, 2.45) is 0 Å². The molecule has 1 aromatic heterocycles. The van der Waals surface area contributed by atoms with Crippen LogP contribution in [0.1, 0.15) is 66.2 Å². The second-order valence-corrected chi connectivity index (χ2v) is 7.26. The minimum atomic E-state index is -0.529. The maximum absolute atomic E-state index is 11.9. The number of aromatic hydroxyl groups is 1. The van der Waals surface area contributed by atoms with Gasteiger partial charge < -0.3 is 19.4 Å². The number of rotatable bonds is 4. The Bertz CT molecular complexity index is 854. The number of benzene rings is 1. The molecule has 5 heteroatoms. The van der Waals surface area contributed by atoms with Crippen LogP contribution in [-0.4, -0.2) is 22.9 Å². The lowest BCUT2D eigenvalue weighted by atomic mass is 9.79. The zero-order valence-corrected chi connectivity index (χ0v) is 15.7. The topological polar surface area (TPSA) is 79.9 Å². The van der Waals surface area contributed by atoms with E-state index in [0.29, 0.717) is 12.2 Å². The first kappa shape index (κ1) is 18.7. The number of ether oxygens (including phenoxy) is 1. The van der Waals surface area contributed by atoms with Crippen LogP contribution in [0, 0.1) is 13.8 Å². The second-order valence-electron chi connectivity index (χ2n) is 7.26. The lowest BCUT2D eigenvalue weighted by Crippen LogP contribution is -2.34. The predicted octanol–water partition coefficient (Wildman–Crippen LogP) is 3.69. The smallest absolute Gasteiger partial charge is 0.342 e. The van der Waals surface area contributed by atoms with Gasteiger partial charge in [-0.2, -0.15) is 0 Å². The highest BCUT2D eigenvalue weighted by Gasteiger charge is 2.37. The van der Waals surface area contributed by atoms with Gasteiger partial charge in [0.25, 0.3) is 0 Å². The zero-order chi connectivity index (χ0) is 19.0. The number of aliphatic hydroxyl groups excluding tert-OH is 1. The van der Waals surface area contributed by atoms with Crippen LogP contribution < -0.4 is 5.63 Å². The molecule has 0 fully saturated rings. The van der Waals surface area contributed by atoms with E-state index in [1.165, 1.54) is 18.6 Å². The van der Waals surface area contributed by atoms with Crippen molar-refractivity contribution < 1.29 is 19.4 Å². The van der Waals surface area contributed by atoms with E-state index in [4.69, 9.17) is 9.15 Å². The number of hydrogen-bond donors (Lipinski definition) is 2. The van der Waals surface area contributed by atoms with Gasteiger partial charge in [-0.25, -0.2) is 4.79 Å². The summed E-state index contributed by atoms with van der Waals surface area (Å²) in [4.78, 5) is 11.9. The molecule has 1 aliphatic heterocycles. The Labute approximate surface area is 153 Å². The van der Waals surface area contributed by atoms with Crippen LogP contribution in [0.2, 0.25) is 0 Å². The van der Waals surface area contributed by atoms with E-state index < -0.39 is 5.63 Å². The Morgan fingerprint density at radius 1 is 1.19 bits per heavy atom. The Hall–Kier alpha value is -2.11. The third-order valence-corrected chi connectivity index (χ3v) is 5.41. The molecule has 3 rings (SSSR count). The third-order valence-electron chi connectivity index (χ3n) is 5.41. The van der Waals surface area contributed by atoms with Crippen molar-refractivity contribution in [1.82, 2.24) is 0 Å². The van der Waals surface area contributed by atoms with E-state index >= 15 is 0 Å². The summed E-state index contributed by atoms with van der Waals surface area (Å²) in [7, 11) is 0. The number of fused-ring (bicyclic) bond motifs is 1. The first-order valence-corrected chi connectivity index (χ1v) is 9.03. The summed E-state index contributed by atoms with van der Waals surface area (Å²) < 4.78 is 11.8. The highest BCUT2D eigenvalue weighted by molar-refractivity contribution is 5.39. The molecule has 140 valence electrons. The highest BCUT2D eigenvalue weighted by Crippen LogP contribution is 2.44. The molecule has 26 heavy (non-hydrogen) atoms. The molecule has 4 unspecified atom stereocenters. The molecule has 2 heterocycles. The first-order valence-electron chi connectivity index (χ1n) is 9.03. The predicted molar refractivity (Wildman–Crippen MR) is 98.7 cm³/mol. The number of hydrogen-bond acceptors (Lipinski definition) is 5. The first-order chi connectivity index (χ1) is 12.3. The van der Waals surface area contributed by atoms with Crippen molar-refractivity contribution in [2.75, 3.05) is 6.61 Å². The van der Waals surface area contributed by atoms with Crippen molar-refractivity contribution in [1.29, 1.82) is 0 Å². The van der Waals surface area contributed by atoms with Gasteiger partial charge in [-0.15, -0.1) is 0 Å². The van der Waals surface area contributed by atoms with Crippen LogP contribution in [0.4, 0.5) is 0 Å². The summed E-state index contributed by atoms with van der Waals surface area (Å²) in [6.07, 6.45) is 0.0755. The Morgan fingerprint density at radius 2 is 1.92 bits per heavy atom. The summed E-state index contributed by atoms with van der Waals surface area (Å²) in [5.41, 5.74) is 3.14. The fraction of sp³-hybridized carbons (Fsp3) is 0.476. The molecular formula is C21H26O5. The van der Waals surface area contributed by atoms with Gasteiger partial charge in [0.05, 0.1) is 17.8 Å². The van der Waals surface area contributed by atoms with Gasteiger partial charge in [0, 0.05) is 30.9 Å². The molecule has 1 aromatic carbocycles. The second kappa shape index (κ2) is 7.25. The molecule has 5 nitrogen and oxygen atoms in total. The molecule has 0 saturated heterocycles. The van der Waals surface area contributed by atoms with E-state index in [2.05, 4.69) is 25.1 Å². The fourth-order valence-corrected chi connectivity index (χ4v) is 3.78. The van der Waals surface area contributed by atoms with Gasteiger partial charge in [0.15, 0.2) is 0 Å². The lowest BCUT2D eigenvalue weighted by Gasteiger charge is -2.39. The van der Waals surface area contributed by atoms with Crippen LogP contribution in [0.5, 0.6) is 5.75 Å². The van der Waals surface area contributed by atoms with Gasteiger partial charge in [0.1, 0.15) is 11.5 Å². The van der Waals surface area contributed by atoms with Gasteiger partial charge >= 0.3 is 5.63 Å². The Morgan fingerprint density at radius 3 is 2.58 bits per heavy atom. The van der Waals surface area contributed by atoms with Gasteiger partial charge in [-0.1, -0.05) is 37.6 Å². The Balaban J connectivity index is 2.00. The van der Waals surface area contributed by atoms with Crippen LogP contribution >= 0.6 is 0 Å². The van der Waals surface area contributed by atoms with E-state index in [9.17, 15) is 15.0 Å². The lowest BCUT2D eigenvalue weighted by molar-refractivity contribution is -0.0621.